The van der Waals surface area contributed by atoms with E-state index in [1.807, 2.05) is 24.3 Å². The number of benzene rings is 2. The van der Waals surface area contributed by atoms with Gasteiger partial charge in [-0.1, -0.05) is 28.1 Å². The average Bonchev–Trinajstić information content (AvgIpc) is 2.46. The molecule has 0 aliphatic rings. The van der Waals surface area contributed by atoms with E-state index in [-0.39, 0.29) is 5.91 Å². The number of nitrogen functional groups attached to an aromatic ring is 1. The van der Waals surface area contributed by atoms with Gasteiger partial charge in [0.15, 0.2) is 0 Å². The zero-order valence-electron chi connectivity index (χ0n) is 10.2. The highest BCUT2D eigenvalue weighted by Gasteiger charge is 2.04. The van der Waals surface area contributed by atoms with Crippen molar-refractivity contribution in [2.45, 2.75) is 6.54 Å². The molecule has 0 saturated heterocycles. The topological polar surface area (TPSA) is 67.1 Å². The van der Waals surface area contributed by atoms with Crippen molar-refractivity contribution < 1.29 is 4.79 Å². The third kappa shape index (κ3) is 3.81. The van der Waals surface area contributed by atoms with Crippen LogP contribution in [0.5, 0.6) is 0 Å². The first-order valence-electron chi connectivity index (χ1n) is 5.78. The molecule has 4 N–H and O–H groups in total. The second-order valence-corrected chi connectivity index (χ2v) is 4.95. The SMILES string of the molecule is NNc1ccc(C(=O)NCc2ccc(Br)cc2)cc1. The number of halogens is 1. The summed E-state index contributed by atoms with van der Waals surface area (Å²) in [6, 6.07) is 14.8. The molecule has 0 heterocycles. The minimum Gasteiger partial charge on any atom is -0.348 e. The summed E-state index contributed by atoms with van der Waals surface area (Å²) >= 11 is 3.37. The van der Waals surface area contributed by atoms with Gasteiger partial charge in [-0.25, -0.2) is 0 Å². The highest BCUT2D eigenvalue weighted by atomic mass is 79.9. The molecule has 98 valence electrons. The van der Waals surface area contributed by atoms with Crippen molar-refractivity contribution in [1.82, 2.24) is 5.32 Å². The molecule has 19 heavy (non-hydrogen) atoms. The van der Waals surface area contributed by atoms with Gasteiger partial charge in [0, 0.05) is 22.3 Å². The second kappa shape index (κ2) is 6.36. The number of hydrogen-bond acceptors (Lipinski definition) is 3. The standard InChI is InChI=1S/C14H14BrN3O/c15-12-5-1-10(2-6-12)9-17-14(19)11-3-7-13(18-16)8-4-11/h1-8,18H,9,16H2,(H,17,19). The van der Waals surface area contributed by atoms with Gasteiger partial charge in [0.2, 0.25) is 0 Å². The Morgan fingerprint density at radius 1 is 1.05 bits per heavy atom. The molecule has 0 aliphatic heterocycles. The Bertz CT molecular complexity index is 552. The van der Waals surface area contributed by atoms with Crippen LogP contribution in [0.2, 0.25) is 0 Å². The Labute approximate surface area is 120 Å². The highest BCUT2D eigenvalue weighted by Crippen LogP contribution is 2.11. The van der Waals surface area contributed by atoms with Gasteiger partial charge in [0.25, 0.3) is 5.91 Å². The zero-order chi connectivity index (χ0) is 13.7. The average molecular weight is 320 g/mol. The smallest absolute Gasteiger partial charge is 0.251 e. The van der Waals surface area contributed by atoms with Crippen LogP contribution in [0.15, 0.2) is 53.0 Å². The van der Waals surface area contributed by atoms with Crippen molar-refractivity contribution in [3.63, 3.8) is 0 Å². The van der Waals surface area contributed by atoms with E-state index >= 15 is 0 Å². The summed E-state index contributed by atoms with van der Waals surface area (Å²) in [4.78, 5) is 11.9. The lowest BCUT2D eigenvalue weighted by Crippen LogP contribution is -2.22. The number of carbonyl (C=O) groups excluding carboxylic acids is 1. The van der Waals surface area contributed by atoms with Gasteiger partial charge in [-0.15, -0.1) is 0 Å². The van der Waals surface area contributed by atoms with E-state index < -0.39 is 0 Å². The van der Waals surface area contributed by atoms with Crippen molar-refractivity contribution in [2.75, 3.05) is 5.43 Å². The largest absolute Gasteiger partial charge is 0.348 e. The maximum absolute atomic E-state index is 11.9. The summed E-state index contributed by atoms with van der Waals surface area (Å²) < 4.78 is 1.02. The molecule has 0 radical (unpaired) electrons. The molecule has 2 aromatic carbocycles. The molecular weight excluding hydrogens is 306 g/mol. The van der Waals surface area contributed by atoms with Gasteiger partial charge in [0.1, 0.15) is 0 Å². The van der Waals surface area contributed by atoms with Gasteiger partial charge >= 0.3 is 0 Å². The third-order valence-electron chi connectivity index (χ3n) is 2.68. The molecular formula is C14H14BrN3O. The molecule has 2 aromatic rings. The van der Waals surface area contributed by atoms with E-state index in [9.17, 15) is 4.79 Å². The molecule has 0 saturated carbocycles. The van der Waals surface area contributed by atoms with Gasteiger partial charge in [-0.3, -0.25) is 10.6 Å². The summed E-state index contributed by atoms with van der Waals surface area (Å²) in [5.41, 5.74) is 4.95. The van der Waals surface area contributed by atoms with Crippen LogP contribution in [0.4, 0.5) is 5.69 Å². The van der Waals surface area contributed by atoms with Gasteiger partial charge in [-0.2, -0.15) is 0 Å². The monoisotopic (exact) mass is 319 g/mol. The number of anilines is 1. The first-order valence-corrected chi connectivity index (χ1v) is 6.57. The van der Waals surface area contributed by atoms with Crippen molar-refractivity contribution in [2.24, 2.45) is 5.84 Å². The molecule has 0 atom stereocenters. The lowest BCUT2D eigenvalue weighted by Gasteiger charge is -2.06. The van der Waals surface area contributed by atoms with Gasteiger partial charge in [-0.05, 0) is 42.0 Å². The van der Waals surface area contributed by atoms with Crippen LogP contribution < -0.4 is 16.6 Å². The molecule has 0 aliphatic carbocycles. The Kier molecular flexibility index (Phi) is 4.54. The van der Waals surface area contributed by atoms with E-state index in [0.29, 0.717) is 12.1 Å². The van der Waals surface area contributed by atoms with Gasteiger partial charge < -0.3 is 10.7 Å². The number of nitrogens with one attached hydrogen (secondary N) is 2. The van der Waals surface area contributed by atoms with Crippen LogP contribution in [0.25, 0.3) is 0 Å². The molecule has 1 amide bonds. The number of hydrogen-bond donors (Lipinski definition) is 3. The Morgan fingerprint density at radius 2 is 1.68 bits per heavy atom. The number of amides is 1. The minimum absolute atomic E-state index is 0.105. The Hall–Kier alpha value is -1.85. The van der Waals surface area contributed by atoms with Crippen LogP contribution >= 0.6 is 15.9 Å². The number of rotatable bonds is 4. The summed E-state index contributed by atoms with van der Waals surface area (Å²) in [5.74, 6) is 5.16. The van der Waals surface area contributed by atoms with Crippen molar-refractivity contribution in [1.29, 1.82) is 0 Å². The van der Waals surface area contributed by atoms with Crippen LogP contribution in [0, 0.1) is 0 Å². The fourth-order valence-electron chi connectivity index (χ4n) is 1.60. The number of nitrogens with two attached hydrogens (primary N) is 1. The van der Waals surface area contributed by atoms with E-state index in [0.717, 1.165) is 15.7 Å². The molecule has 0 fully saturated rings. The van der Waals surface area contributed by atoms with Crippen LogP contribution in [-0.2, 0) is 6.54 Å². The summed E-state index contributed by atoms with van der Waals surface area (Å²) in [7, 11) is 0. The Morgan fingerprint density at radius 3 is 2.26 bits per heavy atom. The zero-order valence-corrected chi connectivity index (χ0v) is 11.8. The molecule has 0 unspecified atom stereocenters. The fraction of sp³-hybridized carbons (Fsp3) is 0.0714. The molecule has 2 rings (SSSR count). The normalized spacial score (nSPS) is 10.0. The molecule has 0 spiro atoms. The molecule has 0 aromatic heterocycles. The summed E-state index contributed by atoms with van der Waals surface area (Å²) in [6.45, 7) is 0.503. The van der Waals surface area contributed by atoms with E-state index in [1.54, 1.807) is 24.3 Å². The summed E-state index contributed by atoms with van der Waals surface area (Å²) in [5, 5.41) is 2.87. The predicted octanol–water partition coefficient (Wildman–Crippen LogP) is 2.66. The van der Waals surface area contributed by atoms with Crippen LogP contribution in [-0.4, -0.2) is 5.91 Å². The number of carbonyl (C=O) groups is 1. The maximum atomic E-state index is 11.9. The van der Waals surface area contributed by atoms with Crippen LogP contribution in [0.1, 0.15) is 15.9 Å². The quantitative estimate of drug-likeness (QED) is 0.599. The first kappa shape index (κ1) is 13.6. The van der Waals surface area contributed by atoms with Crippen molar-refractivity contribution in [3.8, 4) is 0 Å². The lowest BCUT2D eigenvalue weighted by molar-refractivity contribution is 0.0951. The van der Waals surface area contributed by atoms with E-state index in [4.69, 9.17) is 5.84 Å². The van der Waals surface area contributed by atoms with Crippen LogP contribution in [0.3, 0.4) is 0 Å². The van der Waals surface area contributed by atoms with Crippen molar-refractivity contribution in [3.05, 3.63) is 64.1 Å². The molecule has 0 bridgehead atoms. The Balaban J connectivity index is 1.95. The molecule has 5 heteroatoms. The fourth-order valence-corrected chi connectivity index (χ4v) is 1.87. The second-order valence-electron chi connectivity index (χ2n) is 4.03. The summed E-state index contributed by atoms with van der Waals surface area (Å²) in [6.07, 6.45) is 0. The lowest BCUT2D eigenvalue weighted by atomic mass is 10.2. The number of hydrazine groups is 1. The minimum atomic E-state index is -0.105. The van der Waals surface area contributed by atoms with Gasteiger partial charge in [0.05, 0.1) is 0 Å². The van der Waals surface area contributed by atoms with E-state index in [2.05, 4.69) is 26.7 Å². The van der Waals surface area contributed by atoms with Crippen molar-refractivity contribution >= 4 is 27.5 Å². The maximum Gasteiger partial charge on any atom is 0.251 e. The molecule has 4 nitrogen and oxygen atoms in total. The highest BCUT2D eigenvalue weighted by molar-refractivity contribution is 9.10. The third-order valence-corrected chi connectivity index (χ3v) is 3.21. The van der Waals surface area contributed by atoms with E-state index in [1.165, 1.54) is 0 Å². The predicted molar refractivity (Wildman–Crippen MR) is 79.6 cm³/mol. The first-order chi connectivity index (χ1) is 9.19.